The molecule has 0 aromatic carbocycles. The molecule has 0 aromatic rings. The van der Waals surface area contributed by atoms with Gasteiger partial charge in [-0.2, -0.15) is 0 Å². The summed E-state index contributed by atoms with van der Waals surface area (Å²) in [6.45, 7) is -1.08. The van der Waals surface area contributed by atoms with Crippen molar-refractivity contribution in [2.45, 2.75) is 12.8 Å². The Morgan fingerprint density at radius 1 is 1.26 bits per heavy atom. The van der Waals surface area contributed by atoms with Crippen LogP contribution in [0.2, 0.25) is 0 Å². The summed E-state index contributed by atoms with van der Waals surface area (Å²) in [6.07, 6.45) is 0.259. The van der Waals surface area contributed by atoms with Crippen molar-refractivity contribution in [2.75, 3.05) is 33.0 Å². The van der Waals surface area contributed by atoms with Crippen molar-refractivity contribution in [1.82, 2.24) is 9.91 Å². The number of amides is 2. The molecule has 0 radical (unpaired) electrons. The minimum absolute atomic E-state index is 0.0293. The Hall–Kier alpha value is -1.94. The van der Waals surface area contributed by atoms with E-state index >= 15 is 0 Å². The molecule has 0 aliphatic carbocycles. The predicted molar refractivity (Wildman–Crippen MR) is 58.8 cm³/mol. The summed E-state index contributed by atoms with van der Waals surface area (Å²) in [5, 5.41) is 32.9. The molecule has 1 aliphatic rings. The van der Waals surface area contributed by atoms with Crippen LogP contribution in [0.25, 0.3) is 0 Å². The minimum Gasteiger partial charge on any atom is -0.569 e. The molecule has 1 fully saturated rings. The van der Waals surface area contributed by atoms with Crippen LogP contribution in [0.1, 0.15) is 12.8 Å². The highest BCUT2D eigenvalue weighted by molar-refractivity contribution is 6.01. The lowest BCUT2D eigenvalue weighted by molar-refractivity contribution is -0.711. The number of carbonyl (C=O) groups excluding carboxylic acids is 2. The third-order valence-electron chi connectivity index (χ3n) is 2.43. The molecule has 0 atom stereocenters. The lowest BCUT2D eigenvalue weighted by Crippen LogP contribution is -2.36. The van der Waals surface area contributed by atoms with Gasteiger partial charge in [-0.3, -0.25) is 9.59 Å². The van der Waals surface area contributed by atoms with Crippen molar-refractivity contribution in [2.24, 2.45) is 5.28 Å². The maximum absolute atomic E-state index is 11.4. The molecule has 19 heavy (non-hydrogen) atoms. The number of carbonyl (C=O) groups is 2. The Kier molecular flexibility index (Phi) is 5.96. The van der Waals surface area contributed by atoms with Crippen LogP contribution in [-0.4, -0.2) is 69.9 Å². The van der Waals surface area contributed by atoms with Crippen LogP contribution >= 0.6 is 0 Å². The molecule has 10 heteroatoms. The van der Waals surface area contributed by atoms with Gasteiger partial charge in [-0.15, -0.1) is 5.01 Å². The van der Waals surface area contributed by atoms with E-state index in [9.17, 15) is 14.8 Å². The normalized spacial score (nSPS) is 16.1. The SMILES string of the molecule is O=C1CCC(=O)N1CON=[N+]([O-])N(CCO)CCO. The number of aliphatic hydroxyl groups is 2. The van der Waals surface area contributed by atoms with E-state index in [-0.39, 0.29) is 55.9 Å². The van der Waals surface area contributed by atoms with Crippen LogP contribution in [0.4, 0.5) is 0 Å². The quantitative estimate of drug-likeness (QED) is 0.231. The van der Waals surface area contributed by atoms with E-state index in [0.29, 0.717) is 0 Å². The number of hydrogen-bond donors (Lipinski definition) is 2. The number of aliphatic hydroxyl groups excluding tert-OH is 2. The molecule has 0 unspecified atom stereocenters. The van der Waals surface area contributed by atoms with Crippen molar-refractivity contribution in [3.05, 3.63) is 5.21 Å². The number of likely N-dealkylation sites (tertiary alicyclic amines) is 1. The largest absolute Gasteiger partial charge is 0.569 e. The summed E-state index contributed by atoms with van der Waals surface area (Å²) in [5.74, 6) is -0.750. The van der Waals surface area contributed by atoms with Gasteiger partial charge in [-0.1, -0.05) is 0 Å². The monoisotopic (exact) mass is 276 g/mol. The van der Waals surface area contributed by atoms with Gasteiger partial charge in [-0.05, 0) is 0 Å². The van der Waals surface area contributed by atoms with Crippen LogP contribution in [0.3, 0.4) is 0 Å². The second-order valence-corrected chi connectivity index (χ2v) is 3.71. The van der Waals surface area contributed by atoms with Gasteiger partial charge in [0.25, 0.3) is 0 Å². The maximum Gasteiger partial charge on any atom is 0.235 e. The zero-order valence-electron chi connectivity index (χ0n) is 10.3. The maximum atomic E-state index is 11.4. The molecule has 1 saturated heterocycles. The molecule has 10 nitrogen and oxygen atoms in total. The lowest BCUT2D eigenvalue weighted by Gasteiger charge is -2.16. The highest BCUT2D eigenvalue weighted by Gasteiger charge is 2.29. The third-order valence-corrected chi connectivity index (χ3v) is 2.43. The molecular formula is C9H16N4O6. The Labute approximate surface area is 109 Å². The van der Waals surface area contributed by atoms with E-state index in [2.05, 4.69) is 10.1 Å². The number of hydrazine groups is 1. The topological polar surface area (TPSA) is 129 Å². The van der Waals surface area contributed by atoms with Crippen molar-refractivity contribution in [3.8, 4) is 0 Å². The zero-order valence-corrected chi connectivity index (χ0v) is 10.3. The van der Waals surface area contributed by atoms with Gasteiger partial charge >= 0.3 is 0 Å². The first-order valence-electron chi connectivity index (χ1n) is 5.70. The highest BCUT2D eigenvalue weighted by atomic mass is 16.7. The summed E-state index contributed by atoms with van der Waals surface area (Å²) in [7, 11) is 0. The van der Waals surface area contributed by atoms with E-state index < -0.39 is 6.73 Å². The van der Waals surface area contributed by atoms with Crippen LogP contribution < -0.4 is 0 Å². The van der Waals surface area contributed by atoms with Crippen molar-refractivity contribution < 1.29 is 29.6 Å². The average Bonchev–Trinajstić information content (AvgIpc) is 2.70. The fourth-order valence-corrected chi connectivity index (χ4v) is 1.47. The van der Waals surface area contributed by atoms with Crippen molar-refractivity contribution >= 4 is 11.8 Å². The highest BCUT2D eigenvalue weighted by Crippen LogP contribution is 2.11. The number of imide groups is 1. The molecule has 0 saturated carbocycles. The van der Waals surface area contributed by atoms with Gasteiger partial charge in [0.15, 0.2) is 0 Å². The van der Waals surface area contributed by atoms with E-state index in [1.807, 2.05) is 0 Å². The Bertz CT molecular complexity index is 339. The summed E-state index contributed by atoms with van der Waals surface area (Å²) in [6, 6.07) is 0. The standard InChI is InChI=1S/C9H16N4O6/c14-5-3-11(4-6-15)13(18)10-19-7-12-8(16)1-2-9(12)17/h14-15H,1-7H2. The van der Waals surface area contributed by atoms with E-state index in [1.165, 1.54) is 0 Å². The van der Waals surface area contributed by atoms with Gasteiger partial charge in [0.1, 0.15) is 13.1 Å². The molecule has 0 bridgehead atoms. The van der Waals surface area contributed by atoms with Gasteiger partial charge in [0.05, 0.1) is 18.2 Å². The van der Waals surface area contributed by atoms with E-state index in [1.54, 1.807) is 0 Å². The molecule has 0 aromatic heterocycles. The number of hydrogen-bond acceptors (Lipinski definition) is 7. The van der Waals surface area contributed by atoms with Crippen LogP contribution in [0.15, 0.2) is 5.28 Å². The zero-order chi connectivity index (χ0) is 14.3. The van der Waals surface area contributed by atoms with Crippen molar-refractivity contribution in [1.29, 1.82) is 0 Å². The first-order chi connectivity index (χ1) is 9.10. The van der Waals surface area contributed by atoms with E-state index in [0.717, 1.165) is 9.91 Å². The second kappa shape index (κ2) is 7.48. The van der Waals surface area contributed by atoms with Gasteiger partial charge in [-0.25, -0.2) is 4.90 Å². The van der Waals surface area contributed by atoms with Gasteiger partial charge in [0, 0.05) is 12.8 Å². The third kappa shape index (κ3) is 4.34. The molecule has 1 rings (SSSR count). The fraction of sp³-hybridized carbons (Fsp3) is 0.778. The van der Waals surface area contributed by atoms with E-state index in [4.69, 9.17) is 10.2 Å². The van der Waals surface area contributed by atoms with Gasteiger partial charge in [0.2, 0.25) is 23.8 Å². The summed E-state index contributed by atoms with van der Waals surface area (Å²) < 4.78 is 0. The van der Waals surface area contributed by atoms with Crippen molar-refractivity contribution in [3.63, 3.8) is 0 Å². The Balaban J connectivity index is 2.45. The Morgan fingerprint density at radius 2 is 1.79 bits per heavy atom. The van der Waals surface area contributed by atoms with Crippen LogP contribution in [0, 0.1) is 5.21 Å². The molecule has 2 N–H and O–H groups in total. The summed E-state index contributed by atoms with van der Waals surface area (Å²) >= 11 is 0. The molecule has 0 spiro atoms. The molecule has 1 heterocycles. The first-order valence-corrected chi connectivity index (χ1v) is 5.70. The number of nitrogens with zero attached hydrogens (tertiary/aromatic N) is 4. The van der Waals surface area contributed by atoms with Gasteiger partial charge < -0.3 is 20.3 Å². The molecule has 108 valence electrons. The molecule has 2 amide bonds. The molecule has 1 aliphatic heterocycles. The average molecular weight is 276 g/mol. The first kappa shape index (κ1) is 15.1. The van der Waals surface area contributed by atoms with Crippen LogP contribution in [-0.2, 0) is 14.4 Å². The summed E-state index contributed by atoms with van der Waals surface area (Å²) in [5.41, 5.74) is 0. The fourth-order valence-electron chi connectivity index (χ4n) is 1.47. The minimum atomic E-state index is -0.428. The Morgan fingerprint density at radius 3 is 2.26 bits per heavy atom. The second-order valence-electron chi connectivity index (χ2n) is 3.71. The molecular weight excluding hydrogens is 260 g/mol. The smallest absolute Gasteiger partial charge is 0.235 e. The predicted octanol–water partition coefficient (Wildman–Crippen LogP) is -1.81. The number of rotatable bonds is 8. The van der Waals surface area contributed by atoms with Crippen LogP contribution in [0.5, 0.6) is 0 Å². The summed E-state index contributed by atoms with van der Waals surface area (Å²) in [4.78, 5) is 28.0. The lowest BCUT2D eigenvalue weighted by atomic mass is 10.4.